The van der Waals surface area contributed by atoms with Crippen LogP contribution in [0.15, 0.2) is 76.2 Å². The standard InChI is InChI=1S/C25H22BrN3O4/c1-32-18-9-10-20(22(13-18)33-2)28-23(30)15-29-21-11-8-17(26)12-19(21)25(27-14-24(29)31)16-6-4-3-5-7-16/h3-13H,14-15H2,1-2H3,(H,28,30). The van der Waals surface area contributed by atoms with Crippen molar-refractivity contribution in [2.75, 3.05) is 37.5 Å². The van der Waals surface area contributed by atoms with Crippen LogP contribution < -0.4 is 19.7 Å². The lowest BCUT2D eigenvalue weighted by molar-refractivity contribution is -0.120. The maximum atomic E-state index is 13.0. The number of benzene rings is 3. The van der Waals surface area contributed by atoms with Crippen molar-refractivity contribution in [3.63, 3.8) is 0 Å². The second kappa shape index (κ2) is 9.87. The van der Waals surface area contributed by atoms with Gasteiger partial charge >= 0.3 is 0 Å². The van der Waals surface area contributed by atoms with Gasteiger partial charge in [0.2, 0.25) is 11.8 Å². The van der Waals surface area contributed by atoms with Crippen molar-refractivity contribution in [1.29, 1.82) is 0 Å². The third-order valence-electron chi connectivity index (χ3n) is 5.21. The number of methoxy groups -OCH3 is 2. The van der Waals surface area contributed by atoms with Gasteiger partial charge in [-0.2, -0.15) is 0 Å². The van der Waals surface area contributed by atoms with Gasteiger partial charge in [-0.15, -0.1) is 0 Å². The fourth-order valence-corrected chi connectivity index (χ4v) is 4.00. The molecule has 0 saturated carbocycles. The van der Waals surface area contributed by atoms with Gasteiger partial charge in [-0.1, -0.05) is 46.3 Å². The Morgan fingerprint density at radius 3 is 2.58 bits per heavy atom. The van der Waals surface area contributed by atoms with Crippen molar-refractivity contribution in [2.24, 2.45) is 4.99 Å². The normalized spacial score (nSPS) is 13.0. The molecule has 0 radical (unpaired) electrons. The first-order valence-electron chi connectivity index (χ1n) is 10.2. The summed E-state index contributed by atoms with van der Waals surface area (Å²) < 4.78 is 11.4. The summed E-state index contributed by atoms with van der Waals surface area (Å²) in [5.74, 6) is 0.451. The van der Waals surface area contributed by atoms with Gasteiger partial charge in [-0.3, -0.25) is 14.6 Å². The molecule has 8 heteroatoms. The topological polar surface area (TPSA) is 80.2 Å². The summed E-state index contributed by atoms with van der Waals surface area (Å²) in [6.07, 6.45) is 0. The molecule has 0 spiro atoms. The lowest BCUT2D eigenvalue weighted by atomic mass is 10.0. The molecular weight excluding hydrogens is 486 g/mol. The number of rotatable bonds is 6. The number of ether oxygens (including phenoxy) is 2. The summed E-state index contributed by atoms with van der Waals surface area (Å²) in [7, 11) is 3.07. The minimum absolute atomic E-state index is 0.0599. The number of amides is 2. The summed E-state index contributed by atoms with van der Waals surface area (Å²) in [5.41, 5.74) is 3.50. The van der Waals surface area contributed by atoms with Crippen molar-refractivity contribution in [1.82, 2.24) is 0 Å². The molecule has 2 amide bonds. The zero-order valence-corrected chi connectivity index (χ0v) is 19.8. The first-order chi connectivity index (χ1) is 16.0. The van der Waals surface area contributed by atoms with Crippen LogP contribution in [-0.2, 0) is 9.59 Å². The second-order valence-corrected chi connectivity index (χ2v) is 8.20. The highest BCUT2D eigenvalue weighted by molar-refractivity contribution is 9.10. The summed E-state index contributed by atoms with van der Waals surface area (Å²) in [6.45, 7) is -0.226. The minimum Gasteiger partial charge on any atom is -0.497 e. The second-order valence-electron chi connectivity index (χ2n) is 7.29. The molecule has 1 heterocycles. The summed E-state index contributed by atoms with van der Waals surface area (Å²) >= 11 is 3.51. The lowest BCUT2D eigenvalue weighted by Gasteiger charge is -2.23. The fourth-order valence-electron chi connectivity index (χ4n) is 3.64. The van der Waals surface area contributed by atoms with Crippen LogP contribution >= 0.6 is 15.9 Å². The van der Waals surface area contributed by atoms with E-state index in [2.05, 4.69) is 26.2 Å². The van der Waals surface area contributed by atoms with E-state index in [1.54, 1.807) is 25.3 Å². The molecule has 4 rings (SSSR count). The smallest absolute Gasteiger partial charge is 0.249 e. The molecule has 0 unspecified atom stereocenters. The highest BCUT2D eigenvalue weighted by Gasteiger charge is 2.27. The molecule has 0 saturated heterocycles. The number of benzodiazepines with no additional fused rings is 1. The van der Waals surface area contributed by atoms with Crippen LogP contribution in [0.3, 0.4) is 0 Å². The molecule has 0 bridgehead atoms. The fraction of sp³-hybridized carbons (Fsp3) is 0.160. The van der Waals surface area contributed by atoms with Crippen molar-refractivity contribution >= 4 is 44.8 Å². The van der Waals surface area contributed by atoms with Crippen LogP contribution in [0.1, 0.15) is 11.1 Å². The number of hydrogen-bond donors (Lipinski definition) is 1. The van der Waals surface area contributed by atoms with Crippen molar-refractivity contribution in [3.05, 3.63) is 82.3 Å². The highest BCUT2D eigenvalue weighted by Crippen LogP contribution is 2.31. The predicted octanol–water partition coefficient (Wildman–Crippen LogP) is 4.29. The third kappa shape index (κ3) is 4.90. The van der Waals surface area contributed by atoms with Gasteiger partial charge in [0.05, 0.1) is 31.3 Å². The molecule has 3 aromatic rings. The predicted molar refractivity (Wildman–Crippen MR) is 132 cm³/mol. The first kappa shape index (κ1) is 22.5. The van der Waals surface area contributed by atoms with Crippen LogP contribution in [0.5, 0.6) is 11.5 Å². The molecule has 168 valence electrons. The third-order valence-corrected chi connectivity index (χ3v) is 5.70. The van der Waals surface area contributed by atoms with Gasteiger partial charge in [-0.25, -0.2) is 0 Å². The highest BCUT2D eigenvalue weighted by atomic mass is 79.9. The number of aliphatic imine (C=N–C) groups is 1. The van der Waals surface area contributed by atoms with Gasteiger partial charge in [0.1, 0.15) is 24.6 Å². The monoisotopic (exact) mass is 507 g/mol. The van der Waals surface area contributed by atoms with Crippen LogP contribution in [0.4, 0.5) is 11.4 Å². The van der Waals surface area contributed by atoms with Crippen molar-refractivity contribution in [2.45, 2.75) is 0 Å². The molecule has 0 aromatic heterocycles. The van der Waals surface area contributed by atoms with Crippen LogP contribution in [0, 0.1) is 0 Å². The molecule has 0 fully saturated rings. The zero-order valence-electron chi connectivity index (χ0n) is 18.2. The largest absolute Gasteiger partial charge is 0.497 e. The molecule has 0 aliphatic carbocycles. The minimum atomic E-state index is -0.358. The van der Waals surface area contributed by atoms with Crippen LogP contribution in [0.25, 0.3) is 0 Å². The molecule has 3 aromatic carbocycles. The van der Waals surface area contributed by atoms with E-state index in [4.69, 9.17) is 9.47 Å². The van der Waals surface area contributed by atoms with E-state index in [0.717, 1.165) is 15.6 Å². The number of hydrogen-bond acceptors (Lipinski definition) is 5. The molecule has 1 N–H and O–H groups in total. The lowest BCUT2D eigenvalue weighted by Crippen LogP contribution is -2.39. The molecule has 1 aliphatic rings. The van der Waals surface area contributed by atoms with E-state index in [0.29, 0.717) is 28.6 Å². The van der Waals surface area contributed by atoms with E-state index >= 15 is 0 Å². The molecule has 1 aliphatic heterocycles. The number of carbonyl (C=O) groups is 2. The molecule has 33 heavy (non-hydrogen) atoms. The van der Waals surface area contributed by atoms with E-state index < -0.39 is 0 Å². The number of nitrogens with one attached hydrogen (secondary N) is 1. The quantitative estimate of drug-likeness (QED) is 0.539. The Morgan fingerprint density at radius 2 is 1.85 bits per heavy atom. The summed E-state index contributed by atoms with van der Waals surface area (Å²) in [6, 6.07) is 20.4. The summed E-state index contributed by atoms with van der Waals surface area (Å²) in [5, 5.41) is 2.83. The zero-order chi connectivity index (χ0) is 23.4. The Kier molecular flexibility index (Phi) is 6.74. The van der Waals surface area contributed by atoms with E-state index in [1.807, 2.05) is 48.5 Å². The SMILES string of the molecule is COc1ccc(NC(=O)CN2C(=O)CN=C(c3ccccc3)c3cc(Br)ccc32)c(OC)c1. The number of carbonyl (C=O) groups excluding carboxylic acids is 2. The Labute approximate surface area is 200 Å². The van der Waals surface area contributed by atoms with E-state index in [9.17, 15) is 9.59 Å². The number of nitrogens with zero attached hydrogens (tertiary/aromatic N) is 2. The van der Waals surface area contributed by atoms with Crippen LogP contribution in [0.2, 0.25) is 0 Å². The van der Waals surface area contributed by atoms with Gasteiger partial charge in [0, 0.05) is 21.7 Å². The molecule has 7 nitrogen and oxygen atoms in total. The average molecular weight is 508 g/mol. The average Bonchev–Trinajstić information content (AvgIpc) is 2.96. The van der Waals surface area contributed by atoms with Crippen molar-refractivity contribution in [3.8, 4) is 11.5 Å². The Hall–Kier alpha value is -3.65. The number of anilines is 2. The van der Waals surface area contributed by atoms with E-state index in [1.165, 1.54) is 12.0 Å². The summed E-state index contributed by atoms with van der Waals surface area (Å²) in [4.78, 5) is 32.0. The van der Waals surface area contributed by atoms with Crippen LogP contribution in [-0.4, -0.2) is 44.8 Å². The maximum Gasteiger partial charge on any atom is 0.249 e. The Morgan fingerprint density at radius 1 is 1.06 bits per heavy atom. The molecule has 0 atom stereocenters. The first-order valence-corrected chi connectivity index (χ1v) is 11.0. The van der Waals surface area contributed by atoms with Gasteiger partial charge in [0.15, 0.2) is 0 Å². The Bertz CT molecular complexity index is 1230. The van der Waals surface area contributed by atoms with Gasteiger partial charge in [-0.05, 0) is 30.3 Å². The number of fused-ring (bicyclic) bond motifs is 1. The van der Waals surface area contributed by atoms with Gasteiger partial charge in [0.25, 0.3) is 0 Å². The Balaban J connectivity index is 1.64. The van der Waals surface area contributed by atoms with Gasteiger partial charge < -0.3 is 19.7 Å². The van der Waals surface area contributed by atoms with Crippen molar-refractivity contribution < 1.29 is 19.1 Å². The molecular formula is C25H22BrN3O4. The maximum absolute atomic E-state index is 13.0. The van der Waals surface area contributed by atoms with E-state index in [-0.39, 0.29) is 24.9 Å². The number of halogens is 1.